The number of carbonyl (C=O) groups excluding carboxylic acids is 1. The van der Waals surface area contributed by atoms with Gasteiger partial charge in [-0.05, 0) is 35.9 Å². The van der Waals surface area contributed by atoms with Gasteiger partial charge in [0.05, 0.1) is 7.11 Å². The van der Waals surface area contributed by atoms with Crippen molar-refractivity contribution in [2.75, 3.05) is 7.11 Å². The van der Waals surface area contributed by atoms with Crippen molar-refractivity contribution in [3.05, 3.63) is 102 Å². The molecule has 0 aliphatic carbocycles. The van der Waals surface area contributed by atoms with E-state index in [-0.39, 0.29) is 0 Å². The number of rotatable bonds is 4. The molecule has 1 atom stereocenters. The van der Waals surface area contributed by atoms with Crippen LogP contribution in [0, 0.1) is 0 Å². The molecule has 0 fully saturated rings. The van der Waals surface area contributed by atoms with Crippen molar-refractivity contribution in [1.82, 2.24) is 4.98 Å². The Hall–Kier alpha value is -3.86. The first-order chi connectivity index (χ1) is 14.2. The number of nitrogens with one attached hydrogen (secondary N) is 1. The van der Waals surface area contributed by atoms with Gasteiger partial charge in [0.1, 0.15) is 5.75 Å². The minimum Gasteiger partial charge on any atom is -0.497 e. The molecule has 1 aliphatic rings. The average molecular weight is 382 g/mol. The summed E-state index contributed by atoms with van der Waals surface area (Å²) in [6.45, 7) is 0. The highest BCUT2D eigenvalue weighted by molar-refractivity contribution is 6.11. The molecule has 1 aliphatic heterocycles. The topological polar surface area (TPSA) is 63.7 Å². The number of para-hydroxylation sites is 1. The lowest BCUT2D eigenvalue weighted by atomic mass is 9.83. The van der Waals surface area contributed by atoms with Gasteiger partial charge in [0.15, 0.2) is 0 Å². The van der Waals surface area contributed by atoms with Crippen LogP contribution >= 0.6 is 0 Å². The van der Waals surface area contributed by atoms with Crippen LogP contribution in [0.15, 0.2) is 90.1 Å². The van der Waals surface area contributed by atoms with Crippen molar-refractivity contribution in [3.63, 3.8) is 0 Å². The van der Waals surface area contributed by atoms with Crippen LogP contribution < -0.4 is 4.74 Å². The number of cyclic esters (lactones) is 1. The Kier molecular flexibility index (Phi) is 3.95. The zero-order valence-electron chi connectivity index (χ0n) is 15.8. The summed E-state index contributed by atoms with van der Waals surface area (Å²) >= 11 is 0. The Morgan fingerprint density at radius 1 is 0.931 bits per heavy atom. The van der Waals surface area contributed by atoms with Crippen LogP contribution in [0.4, 0.5) is 0 Å². The molecule has 0 spiro atoms. The van der Waals surface area contributed by atoms with Crippen molar-refractivity contribution < 1.29 is 14.3 Å². The number of fused-ring (bicyclic) bond motifs is 1. The standard InChI is InChI=1S/C24H18N2O3/c1-28-18-13-11-16(12-14-18)22-26-24(23(27)29-22,17-7-3-2-4-8-17)20-15-25-21-10-6-5-9-19(20)21/h2-15,25H,1H3. The first-order valence-corrected chi connectivity index (χ1v) is 9.31. The van der Waals surface area contributed by atoms with Crippen molar-refractivity contribution in [2.45, 2.75) is 5.54 Å². The first-order valence-electron chi connectivity index (χ1n) is 9.31. The zero-order valence-corrected chi connectivity index (χ0v) is 15.8. The van der Waals surface area contributed by atoms with Crippen molar-refractivity contribution in [2.24, 2.45) is 4.99 Å². The zero-order chi connectivity index (χ0) is 19.8. The van der Waals surface area contributed by atoms with E-state index in [4.69, 9.17) is 14.5 Å². The third kappa shape index (κ3) is 2.63. The highest BCUT2D eigenvalue weighted by Crippen LogP contribution is 2.43. The van der Waals surface area contributed by atoms with Crippen LogP contribution in [0.1, 0.15) is 16.7 Å². The Balaban J connectivity index is 1.74. The summed E-state index contributed by atoms with van der Waals surface area (Å²) in [5, 5.41) is 0.938. The molecule has 1 aromatic heterocycles. The van der Waals surface area contributed by atoms with E-state index in [1.54, 1.807) is 7.11 Å². The summed E-state index contributed by atoms with van der Waals surface area (Å²) in [7, 11) is 1.61. The summed E-state index contributed by atoms with van der Waals surface area (Å²) in [6, 6.07) is 24.7. The van der Waals surface area contributed by atoms with Crippen LogP contribution in [0.3, 0.4) is 0 Å². The molecule has 3 aromatic carbocycles. The molecule has 0 amide bonds. The fraction of sp³-hybridized carbons (Fsp3) is 0.0833. The molecule has 0 saturated carbocycles. The van der Waals surface area contributed by atoms with Gasteiger partial charge in [0.25, 0.3) is 0 Å². The smallest absolute Gasteiger partial charge is 0.350 e. The molecular weight excluding hydrogens is 364 g/mol. The maximum absolute atomic E-state index is 13.4. The van der Waals surface area contributed by atoms with E-state index in [0.717, 1.165) is 33.3 Å². The van der Waals surface area contributed by atoms with Gasteiger partial charge in [-0.3, -0.25) is 0 Å². The quantitative estimate of drug-likeness (QED) is 0.531. The number of aliphatic imine (C=N–C) groups is 1. The van der Waals surface area contributed by atoms with E-state index in [9.17, 15) is 4.79 Å². The number of carbonyl (C=O) groups is 1. The third-order valence-corrected chi connectivity index (χ3v) is 5.26. The lowest BCUT2D eigenvalue weighted by Crippen LogP contribution is -2.32. The van der Waals surface area contributed by atoms with E-state index in [1.165, 1.54) is 0 Å². The number of ether oxygens (including phenoxy) is 2. The molecular formula is C24H18N2O3. The largest absolute Gasteiger partial charge is 0.497 e. The summed E-state index contributed by atoms with van der Waals surface area (Å²) in [5.41, 5.74) is 1.93. The molecule has 0 saturated heterocycles. The molecule has 0 radical (unpaired) electrons. The second-order valence-corrected chi connectivity index (χ2v) is 6.86. The lowest BCUT2D eigenvalue weighted by molar-refractivity contribution is -0.137. The molecule has 5 nitrogen and oxygen atoms in total. The summed E-state index contributed by atoms with van der Waals surface area (Å²) < 4.78 is 10.9. The summed E-state index contributed by atoms with van der Waals surface area (Å²) in [4.78, 5) is 21.5. The predicted molar refractivity (Wildman–Crippen MR) is 111 cm³/mol. The minimum atomic E-state index is -1.27. The van der Waals surface area contributed by atoms with Crippen molar-refractivity contribution >= 4 is 22.8 Å². The fourth-order valence-corrected chi connectivity index (χ4v) is 3.80. The highest BCUT2D eigenvalue weighted by atomic mass is 16.6. The molecule has 1 N–H and O–H groups in total. The SMILES string of the molecule is COc1ccc(C2=NC(c3ccccc3)(c3c[nH]c4ccccc34)C(=O)O2)cc1. The van der Waals surface area contributed by atoms with Crippen LogP contribution in [0.5, 0.6) is 5.75 Å². The first kappa shape index (κ1) is 17.3. The maximum atomic E-state index is 13.4. The average Bonchev–Trinajstić information content (AvgIpc) is 3.36. The van der Waals surface area contributed by atoms with Gasteiger partial charge in [-0.1, -0.05) is 48.5 Å². The molecule has 5 rings (SSSR count). The molecule has 142 valence electrons. The maximum Gasteiger partial charge on any atom is 0.350 e. The van der Waals surface area contributed by atoms with Gasteiger partial charge in [-0.15, -0.1) is 0 Å². The van der Waals surface area contributed by atoms with Crippen LogP contribution in [-0.4, -0.2) is 24.0 Å². The Bertz CT molecular complexity index is 1230. The molecule has 5 heteroatoms. The number of hydrogen-bond acceptors (Lipinski definition) is 4. The lowest BCUT2D eigenvalue weighted by Gasteiger charge is -2.22. The number of nitrogens with zero attached hydrogens (tertiary/aromatic N) is 1. The predicted octanol–water partition coefficient (Wildman–Crippen LogP) is 4.42. The van der Waals surface area contributed by atoms with Gasteiger partial charge >= 0.3 is 5.97 Å². The van der Waals surface area contributed by atoms with Gasteiger partial charge < -0.3 is 14.5 Å². The highest BCUT2D eigenvalue weighted by Gasteiger charge is 2.50. The molecule has 1 unspecified atom stereocenters. The monoisotopic (exact) mass is 382 g/mol. The molecule has 2 heterocycles. The van der Waals surface area contributed by atoms with Crippen molar-refractivity contribution in [3.8, 4) is 5.75 Å². The Labute approximate surface area is 167 Å². The van der Waals surface area contributed by atoms with Gasteiger partial charge in [0.2, 0.25) is 11.4 Å². The van der Waals surface area contributed by atoms with E-state index < -0.39 is 11.5 Å². The second kappa shape index (κ2) is 6.63. The molecule has 29 heavy (non-hydrogen) atoms. The van der Waals surface area contributed by atoms with Crippen LogP contribution in [-0.2, 0) is 15.1 Å². The summed E-state index contributed by atoms with van der Waals surface area (Å²) in [6.07, 6.45) is 1.85. The number of methoxy groups -OCH3 is 1. The van der Waals surface area contributed by atoms with E-state index in [2.05, 4.69) is 4.98 Å². The van der Waals surface area contributed by atoms with Gasteiger partial charge in [-0.25, -0.2) is 9.79 Å². The fourth-order valence-electron chi connectivity index (χ4n) is 3.80. The number of esters is 1. The number of aromatic nitrogens is 1. The molecule has 0 bridgehead atoms. The Morgan fingerprint density at radius 2 is 1.66 bits per heavy atom. The molecule has 4 aromatic rings. The Morgan fingerprint density at radius 3 is 2.41 bits per heavy atom. The van der Waals surface area contributed by atoms with Gasteiger partial charge in [0, 0.05) is 28.2 Å². The number of benzene rings is 3. The van der Waals surface area contributed by atoms with Gasteiger partial charge in [-0.2, -0.15) is 0 Å². The van der Waals surface area contributed by atoms with E-state index in [0.29, 0.717) is 5.90 Å². The summed E-state index contributed by atoms with van der Waals surface area (Å²) in [5.74, 6) is 0.607. The van der Waals surface area contributed by atoms with Crippen molar-refractivity contribution in [1.29, 1.82) is 0 Å². The minimum absolute atomic E-state index is 0.298. The van der Waals surface area contributed by atoms with E-state index >= 15 is 0 Å². The second-order valence-electron chi connectivity index (χ2n) is 6.86. The van der Waals surface area contributed by atoms with Crippen LogP contribution in [0.25, 0.3) is 10.9 Å². The third-order valence-electron chi connectivity index (χ3n) is 5.26. The number of H-pyrrole nitrogens is 1. The number of aromatic amines is 1. The van der Waals surface area contributed by atoms with E-state index in [1.807, 2.05) is 85.1 Å². The normalized spacial score (nSPS) is 18.5. The number of hydrogen-bond donors (Lipinski definition) is 1. The van der Waals surface area contributed by atoms with Crippen LogP contribution in [0.2, 0.25) is 0 Å².